The normalized spacial score (nSPS) is 10.7. The topological polar surface area (TPSA) is 64.1 Å². The number of pyridine rings is 1. The molecular formula is C19H19N3O2S. The Bertz CT molecular complexity index is 829. The molecule has 128 valence electrons. The van der Waals surface area contributed by atoms with E-state index in [1.807, 2.05) is 29.6 Å². The molecule has 1 N–H and O–H groups in total. The van der Waals surface area contributed by atoms with Gasteiger partial charge in [-0.15, -0.1) is 11.3 Å². The van der Waals surface area contributed by atoms with Crippen LogP contribution < -0.4 is 10.1 Å². The number of anilines is 1. The smallest absolute Gasteiger partial charge is 0.257 e. The van der Waals surface area contributed by atoms with Crippen LogP contribution in [0.25, 0.3) is 11.3 Å². The summed E-state index contributed by atoms with van der Waals surface area (Å²) in [5.74, 6) is 1.04. The third-order valence-electron chi connectivity index (χ3n) is 3.40. The molecule has 6 heteroatoms. The molecule has 0 bridgehead atoms. The zero-order valence-corrected chi connectivity index (χ0v) is 14.9. The molecule has 0 atom stereocenters. The van der Waals surface area contributed by atoms with Crippen LogP contribution in [0, 0.1) is 5.92 Å². The third-order valence-corrected chi connectivity index (χ3v) is 4.16. The number of amides is 1. The maximum absolute atomic E-state index is 12.3. The van der Waals surface area contributed by atoms with Gasteiger partial charge in [-0.05, 0) is 42.3 Å². The van der Waals surface area contributed by atoms with Crippen molar-refractivity contribution in [3.63, 3.8) is 0 Å². The molecule has 3 rings (SSSR count). The average molecular weight is 353 g/mol. The monoisotopic (exact) mass is 353 g/mol. The second-order valence-electron chi connectivity index (χ2n) is 5.96. The van der Waals surface area contributed by atoms with Gasteiger partial charge in [-0.1, -0.05) is 13.8 Å². The molecule has 0 fully saturated rings. The Morgan fingerprint density at radius 2 is 1.88 bits per heavy atom. The van der Waals surface area contributed by atoms with Gasteiger partial charge >= 0.3 is 0 Å². The molecule has 0 aliphatic heterocycles. The largest absolute Gasteiger partial charge is 0.493 e. The van der Waals surface area contributed by atoms with Gasteiger partial charge in [0.05, 0.1) is 12.3 Å². The predicted octanol–water partition coefficient (Wildman–Crippen LogP) is 4.49. The standard InChI is InChI=1S/C19H19N3O2S/c1-13(2)11-24-16-5-3-15(4-6-16)18(23)22-19-21-17(12-25-19)14-7-9-20-10-8-14/h3-10,12-13H,11H2,1-2H3,(H,21,22,23). The number of nitrogens with zero attached hydrogens (tertiary/aromatic N) is 2. The summed E-state index contributed by atoms with van der Waals surface area (Å²) < 4.78 is 5.63. The van der Waals surface area contributed by atoms with E-state index in [1.165, 1.54) is 11.3 Å². The molecule has 5 nitrogen and oxygen atoms in total. The van der Waals surface area contributed by atoms with Gasteiger partial charge in [0, 0.05) is 28.9 Å². The number of aromatic nitrogens is 2. The Hall–Kier alpha value is -2.73. The van der Waals surface area contributed by atoms with E-state index in [4.69, 9.17) is 4.74 Å². The zero-order valence-electron chi connectivity index (χ0n) is 14.1. The minimum Gasteiger partial charge on any atom is -0.493 e. The fourth-order valence-electron chi connectivity index (χ4n) is 2.12. The van der Waals surface area contributed by atoms with Crippen LogP contribution in [0.2, 0.25) is 0 Å². The van der Waals surface area contributed by atoms with Gasteiger partial charge in [0.1, 0.15) is 5.75 Å². The van der Waals surface area contributed by atoms with Crippen molar-refractivity contribution < 1.29 is 9.53 Å². The predicted molar refractivity (Wildman–Crippen MR) is 100 cm³/mol. The highest BCUT2D eigenvalue weighted by atomic mass is 32.1. The van der Waals surface area contributed by atoms with E-state index >= 15 is 0 Å². The zero-order chi connectivity index (χ0) is 17.6. The molecule has 0 saturated carbocycles. The van der Waals surface area contributed by atoms with Gasteiger partial charge in [0.2, 0.25) is 0 Å². The second-order valence-corrected chi connectivity index (χ2v) is 6.82. The van der Waals surface area contributed by atoms with Crippen LogP contribution in [0.4, 0.5) is 5.13 Å². The van der Waals surface area contributed by atoms with Crippen molar-refractivity contribution in [2.75, 3.05) is 11.9 Å². The number of carbonyl (C=O) groups is 1. The van der Waals surface area contributed by atoms with Crippen LogP contribution >= 0.6 is 11.3 Å². The van der Waals surface area contributed by atoms with Crippen LogP contribution in [0.5, 0.6) is 5.75 Å². The number of rotatable bonds is 6. The van der Waals surface area contributed by atoms with Crippen LogP contribution in [-0.4, -0.2) is 22.5 Å². The number of nitrogens with one attached hydrogen (secondary N) is 1. The molecule has 0 saturated heterocycles. The second kappa shape index (κ2) is 7.90. The molecule has 0 spiro atoms. The lowest BCUT2D eigenvalue weighted by atomic mass is 10.2. The molecule has 1 amide bonds. The van der Waals surface area contributed by atoms with Crippen molar-refractivity contribution in [1.82, 2.24) is 9.97 Å². The Morgan fingerprint density at radius 3 is 2.56 bits per heavy atom. The highest BCUT2D eigenvalue weighted by Gasteiger charge is 2.10. The van der Waals surface area contributed by atoms with E-state index in [0.29, 0.717) is 23.2 Å². The van der Waals surface area contributed by atoms with Gasteiger partial charge in [-0.3, -0.25) is 15.1 Å². The van der Waals surface area contributed by atoms with E-state index in [0.717, 1.165) is 17.0 Å². The van der Waals surface area contributed by atoms with Crippen molar-refractivity contribution in [2.24, 2.45) is 5.92 Å². The molecule has 0 unspecified atom stereocenters. The molecular weight excluding hydrogens is 334 g/mol. The fourth-order valence-corrected chi connectivity index (χ4v) is 2.84. The van der Waals surface area contributed by atoms with Crippen molar-refractivity contribution in [3.05, 3.63) is 59.7 Å². The number of carbonyl (C=O) groups excluding carboxylic acids is 1. The Balaban J connectivity index is 1.63. The van der Waals surface area contributed by atoms with E-state index in [2.05, 4.69) is 29.1 Å². The number of benzene rings is 1. The Morgan fingerprint density at radius 1 is 1.16 bits per heavy atom. The molecule has 0 radical (unpaired) electrons. The Labute approximate surface area is 150 Å². The number of hydrogen-bond acceptors (Lipinski definition) is 5. The number of thiazole rings is 1. The highest BCUT2D eigenvalue weighted by molar-refractivity contribution is 7.14. The summed E-state index contributed by atoms with van der Waals surface area (Å²) in [6, 6.07) is 10.9. The summed E-state index contributed by atoms with van der Waals surface area (Å²) in [4.78, 5) is 20.8. The molecule has 25 heavy (non-hydrogen) atoms. The lowest BCUT2D eigenvalue weighted by Crippen LogP contribution is -2.11. The van der Waals surface area contributed by atoms with Gasteiger partial charge in [-0.2, -0.15) is 0 Å². The van der Waals surface area contributed by atoms with Crippen molar-refractivity contribution >= 4 is 22.4 Å². The fraction of sp³-hybridized carbons (Fsp3) is 0.211. The number of ether oxygens (including phenoxy) is 1. The van der Waals surface area contributed by atoms with Gasteiger partial charge in [-0.25, -0.2) is 4.98 Å². The van der Waals surface area contributed by atoms with Gasteiger partial charge < -0.3 is 4.74 Å². The Kier molecular flexibility index (Phi) is 5.40. The van der Waals surface area contributed by atoms with Crippen LogP contribution in [0.1, 0.15) is 24.2 Å². The third kappa shape index (κ3) is 4.64. The van der Waals surface area contributed by atoms with Crippen molar-refractivity contribution in [3.8, 4) is 17.0 Å². The van der Waals surface area contributed by atoms with E-state index in [-0.39, 0.29) is 5.91 Å². The molecule has 1 aromatic carbocycles. The highest BCUT2D eigenvalue weighted by Crippen LogP contribution is 2.24. The number of hydrogen-bond donors (Lipinski definition) is 1. The first-order chi connectivity index (χ1) is 12.1. The van der Waals surface area contributed by atoms with E-state index in [1.54, 1.807) is 24.5 Å². The molecule has 3 aromatic rings. The lowest BCUT2D eigenvalue weighted by molar-refractivity contribution is 0.102. The lowest BCUT2D eigenvalue weighted by Gasteiger charge is -2.09. The first kappa shape index (κ1) is 17.1. The summed E-state index contributed by atoms with van der Waals surface area (Å²) in [5.41, 5.74) is 2.36. The van der Waals surface area contributed by atoms with E-state index in [9.17, 15) is 4.79 Å². The minimum absolute atomic E-state index is 0.189. The molecule has 0 aliphatic rings. The first-order valence-corrected chi connectivity index (χ1v) is 8.90. The van der Waals surface area contributed by atoms with Crippen LogP contribution in [-0.2, 0) is 0 Å². The van der Waals surface area contributed by atoms with Crippen LogP contribution in [0.3, 0.4) is 0 Å². The van der Waals surface area contributed by atoms with Gasteiger partial charge in [0.25, 0.3) is 5.91 Å². The van der Waals surface area contributed by atoms with Crippen molar-refractivity contribution in [2.45, 2.75) is 13.8 Å². The summed E-state index contributed by atoms with van der Waals surface area (Å²) in [6.07, 6.45) is 3.44. The summed E-state index contributed by atoms with van der Waals surface area (Å²) in [5, 5.41) is 5.31. The summed E-state index contributed by atoms with van der Waals surface area (Å²) >= 11 is 1.39. The maximum Gasteiger partial charge on any atom is 0.257 e. The minimum atomic E-state index is -0.189. The summed E-state index contributed by atoms with van der Waals surface area (Å²) in [6.45, 7) is 4.84. The molecule has 2 aromatic heterocycles. The first-order valence-electron chi connectivity index (χ1n) is 8.02. The maximum atomic E-state index is 12.3. The molecule has 2 heterocycles. The quantitative estimate of drug-likeness (QED) is 0.709. The molecule has 0 aliphatic carbocycles. The van der Waals surface area contributed by atoms with Gasteiger partial charge in [0.15, 0.2) is 5.13 Å². The van der Waals surface area contributed by atoms with Crippen molar-refractivity contribution in [1.29, 1.82) is 0 Å². The SMILES string of the molecule is CC(C)COc1ccc(C(=O)Nc2nc(-c3ccncc3)cs2)cc1. The van der Waals surface area contributed by atoms with Crippen LogP contribution in [0.15, 0.2) is 54.2 Å². The average Bonchev–Trinajstić information content (AvgIpc) is 3.09. The summed E-state index contributed by atoms with van der Waals surface area (Å²) in [7, 11) is 0. The van der Waals surface area contributed by atoms with E-state index < -0.39 is 0 Å².